The fourth-order valence-electron chi connectivity index (χ4n) is 9.16. The number of hydrogen-bond donors (Lipinski definition) is 1. The van der Waals surface area contributed by atoms with E-state index in [1.54, 1.807) is 4.90 Å². The molecule has 1 saturated heterocycles. The van der Waals surface area contributed by atoms with Gasteiger partial charge < -0.3 is 24.7 Å². The van der Waals surface area contributed by atoms with E-state index in [1.165, 1.54) is 24.0 Å². The molecule has 2 fully saturated rings. The molecule has 2 aliphatic carbocycles. The second-order valence-electron chi connectivity index (χ2n) is 17.8. The summed E-state index contributed by atoms with van der Waals surface area (Å²) in [4.78, 5) is 33.6. The number of hydrogen-bond acceptors (Lipinski definition) is 6. The average molecular weight is 713 g/mol. The predicted molar refractivity (Wildman–Crippen MR) is 207 cm³/mol. The molecule has 0 radical (unpaired) electrons. The summed E-state index contributed by atoms with van der Waals surface area (Å²) in [6.45, 7) is 15.6. The Morgan fingerprint density at radius 1 is 1.08 bits per heavy atom. The zero-order valence-corrected chi connectivity index (χ0v) is 32.8. The normalized spacial score (nSPS) is 29.3. The Morgan fingerprint density at radius 2 is 1.86 bits per heavy atom. The van der Waals surface area contributed by atoms with Gasteiger partial charge in [-0.3, -0.25) is 14.5 Å². The van der Waals surface area contributed by atoms with E-state index in [0.29, 0.717) is 25.0 Å². The Morgan fingerprint density at radius 3 is 2.59 bits per heavy atom. The third-order valence-electron chi connectivity index (χ3n) is 13.4. The quantitative estimate of drug-likeness (QED) is 0.272. The number of benzene rings is 2. The first-order valence-electron chi connectivity index (χ1n) is 19.5. The minimum absolute atomic E-state index is 0.0548. The molecule has 51 heavy (non-hydrogen) atoms. The third kappa shape index (κ3) is 7.02. The molecule has 2 aromatic carbocycles. The van der Waals surface area contributed by atoms with Crippen LogP contribution in [-0.4, -0.2) is 82.0 Å². The number of anilines is 1. The van der Waals surface area contributed by atoms with Crippen LogP contribution in [0.25, 0.3) is 0 Å². The zero-order chi connectivity index (χ0) is 36.1. The molecule has 1 spiro atoms. The molecule has 9 heteroatoms. The molecule has 5 unspecified atom stereocenters. The molecule has 2 N–H and O–H groups in total. The molecule has 5 atom stereocenters. The molecule has 2 aromatic rings. The van der Waals surface area contributed by atoms with Gasteiger partial charge in [0, 0.05) is 45.1 Å². The highest BCUT2D eigenvalue weighted by Gasteiger charge is 2.52. The fraction of sp³-hybridized carbons (Fsp3) is 0.619. The molecular formula is C42H60N4O4Si. The Labute approximate surface area is 306 Å². The van der Waals surface area contributed by atoms with E-state index in [2.05, 4.69) is 86.1 Å². The second-order valence-corrected chi connectivity index (χ2v) is 22.5. The maximum absolute atomic E-state index is 13.4. The van der Waals surface area contributed by atoms with Gasteiger partial charge in [0.15, 0.2) is 8.32 Å². The number of ether oxygens (including phenoxy) is 1. The lowest BCUT2D eigenvalue weighted by atomic mass is 9.67. The van der Waals surface area contributed by atoms with Gasteiger partial charge in [0.1, 0.15) is 5.75 Å². The summed E-state index contributed by atoms with van der Waals surface area (Å²) in [5.74, 6) is 0.651. The van der Waals surface area contributed by atoms with Gasteiger partial charge >= 0.3 is 0 Å². The number of likely N-dealkylation sites (tertiary alicyclic amines) is 1. The first-order chi connectivity index (χ1) is 24.3. The van der Waals surface area contributed by atoms with E-state index in [4.69, 9.17) is 14.9 Å². The van der Waals surface area contributed by atoms with Crippen molar-refractivity contribution in [2.45, 2.75) is 114 Å². The van der Waals surface area contributed by atoms with E-state index in [-0.39, 0.29) is 35.1 Å². The van der Waals surface area contributed by atoms with Crippen LogP contribution in [0.1, 0.15) is 88.3 Å². The monoisotopic (exact) mass is 712 g/mol. The molecule has 2 bridgehead atoms. The summed E-state index contributed by atoms with van der Waals surface area (Å²) >= 11 is 0. The van der Waals surface area contributed by atoms with E-state index in [0.717, 1.165) is 68.7 Å². The van der Waals surface area contributed by atoms with Gasteiger partial charge in [-0.15, -0.1) is 0 Å². The van der Waals surface area contributed by atoms with Gasteiger partial charge in [0.2, 0.25) is 11.8 Å². The van der Waals surface area contributed by atoms with Crippen LogP contribution in [0.15, 0.2) is 54.6 Å². The highest BCUT2D eigenvalue weighted by molar-refractivity contribution is 6.74. The number of aryl methyl sites for hydroxylation is 1. The van der Waals surface area contributed by atoms with E-state index < -0.39 is 20.1 Å². The number of rotatable bonds is 4. The number of primary amides is 1. The predicted octanol–water partition coefficient (Wildman–Crippen LogP) is 6.99. The lowest BCUT2D eigenvalue weighted by Crippen LogP contribution is -2.68. The summed E-state index contributed by atoms with van der Waals surface area (Å²) in [6, 6.07) is 15.1. The second kappa shape index (κ2) is 14.0. The molecule has 3 heterocycles. The minimum atomic E-state index is -1.92. The van der Waals surface area contributed by atoms with Crippen molar-refractivity contribution in [3.05, 3.63) is 71.3 Å². The summed E-state index contributed by atoms with van der Waals surface area (Å²) < 4.78 is 13.9. The van der Waals surface area contributed by atoms with Crippen LogP contribution in [0.2, 0.25) is 18.1 Å². The van der Waals surface area contributed by atoms with Gasteiger partial charge in [-0.25, -0.2) is 0 Å². The Balaban J connectivity index is 1.34. The number of allylic oxidation sites excluding steroid dienone is 1. The number of amides is 2. The van der Waals surface area contributed by atoms with E-state index in [1.807, 2.05) is 19.2 Å². The molecule has 7 rings (SSSR count). The molecule has 2 amide bonds. The number of nitrogens with two attached hydrogens (primary N) is 1. The largest absolute Gasteiger partial charge is 0.490 e. The van der Waals surface area contributed by atoms with Crippen LogP contribution in [0.5, 0.6) is 5.75 Å². The van der Waals surface area contributed by atoms with Gasteiger partial charge in [0.25, 0.3) is 0 Å². The maximum atomic E-state index is 13.4. The van der Waals surface area contributed by atoms with Gasteiger partial charge in [-0.2, -0.15) is 0 Å². The van der Waals surface area contributed by atoms with E-state index in [9.17, 15) is 9.59 Å². The van der Waals surface area contributed by atoms with Crippen molar-refractivity contribution in [1.82, 2.24) is 9.80 Å². The molecular weight excluding hydrogens is 653 g/mol. The van der Waals surface area contributed by atoms with Crippen LogP contribution in [0, 0.1) is 11.8 Å². The lowest BCUT2D eigenvalue weighted by molar-refractivity contribution is -0.132. The highest BCUT2D eigenvalue weighted by atomic mass is 28.4. The Hall–Kier alpha value is -3.14. The number of carbonyl (C=O) groups excluding carboxylic acids is 2. The van der Waals surface area contributed by atoms with Crippen molar-refractivity contribution in [3.8, 4) is 5.75 Å². The third-order valence-corrected chi connectivity index (χ3v) is 18.0. The van der Waals surface area contributed by atoms with Crippen molar-refractivity contribution in [2.75, 3.05) is 44.7 Å². The molecule has 1 saturated carbocycles. The molecule has 0 aromatic heterocycles. The smallest absolute Gasteiger partial charge is 0.225 e. The Bertz CT molecular complexity index is 1650. The Kier molecular flexibility index (Phi) is 9.95. The summed E-state index contributed by atoms with van der Waals surface area (Å²) in [7, 11) is -0.0973. The number of nitrogens with zero attached hydrogens (tertiary/aromatic N) is 3. The van der Waals surface area contributed by atoms with Gasteiger partial charge in [0.05, 0.1) is 30.5 Å². The molecule has 8 nitrogen and oxygen atoms in total. The molecule has 276 valence electrons. The summed E-state index contributed by atoms with van der Waals surface area (Å²) in [5.41, 5.74) is 10.6. The van der Waals surface area contributed by atoms with E-state index >= 15 is 0 Å². The highest BCUT2D eigenvalue weighted by Crippen LogP contribution is 2.50. The minimum Gasteiger partial charge on any atom is -0.490 e. The van der Waals surface area contributed by atoms with Crippen molar-refractivity contribution < 1.29 is 18.8 Å². The fourth-order valence-corrected chi connectivity index (χ4v) is 10.5. The molecule has 5 aliphatic rings. The van der Waals surface area contributed by atoms with Crippen LogP contribution in [0.4, 0.5) is 5.69 Å². The summed E-state index contributed by atoms with van der Waals surface area (Å²) in [5, 5.41) is 0.159. The number of fused-ring (bicyclic) bond motifs is 4. The lowest BCUT2D eigenvalue weighted by Gasteiger charge is -2.57. The van der Waals surface area contributed by atoms with Crippen LogP contribution < -0.4 is 15.4 Å². The maximum Gasteiger partial charge on any atom is 0.225 e. The summed E-state index contributed by atoms with van der Waals surface area (Å²) in [6.07, 6.45) is 12.6. The van der Waals surface area contributed by atoms with Crippen molar-refractivity contribution in [2.24, 2.45) is 17.6 Å². The van der Waals surface area contributed by atoms with Gasteiger partial charge in [-0.1, -0.05) is 63.3 Å². The molecule has 3 aliphatic heterocycles. The van der Waals surface area contributed by atoms with Crippen LogP contribution in [0.3, 0.4) is 0 Å². The van der Waals surface area contributed by atoms with Crippen molar-refractivity contribution >= 4 is 25.8 Å². The van der Waals surface area contributed by atoms with Crippen LogP contribution in [-0.2, 0) is 25.9 Å². The standard InChI is InChI=1S/C42H60N4O4Si/c1-41(2,3)51(5,6)50-32-25-45(26-32)40-33-19-17-29(33)13-8-7-11-22-44(4)38(47)24-34(39(43)48)31-18-20-37-36(23-31)46(40)27-42(28-49-37)21-12-15-30-14-9-10-16-35(30)42/h7-10,14,16,18,20,23,29,32-34,40H,11-13,15,17,19,21-22,24-28H2,1-6H3,(H2,43,48). The average Bonchev–Trinajstić information content (AvgIpc) is 3.21. The topological polar surface area (TPSA) is 88.3 Å². The van der Waals surface area contributed by atoms with Crippen molar-refractivity contribution in [3.63, 3.8) is 0 Å². The first kappa shape index (κ1) is 36.2. The SMILES string of the molecule is CN1CCC=CCC2CCC2C(N2CC(O[Si](C)(C)C(C)(C)C)C2)N2CC3(CCCc4ccccc43)COc3ccc(cc32)C(C(N)=O)CC1=O. The first-order valence-corrected chi connectivity index (χ1v) is 22.4. The zero-order valence-electron chi connectivity index (χ0n) is 31.8. The van der Waals surface area contributed by atoms with Crippen LogP contribution >= 0.6 is 0 Å². The number of carbonyl (C=O) groups is 2. The van der Waals surface area contributed by atoms with Gasteiger partial charge in [-0.05, 0) is 104 Å². The van der Waals surface area contributed by atoms with Crippen molar-refractivity contribution in [1.29, 1.82) is 0 Å².